The number of hydrogen-bond donors (Lipinski definition) is 2. The Balaban J connectivity index is 1.27. The van der Waals surface area contributed by atoms with Gasteiger partial charge in [0.15, 0.2) is 5.78 Å². The number of benzene rings is 2. The first-order valence-electron chi connectivity index (χ1n) is 17.3. The van der Waals surface area contributed by atoms with Gasteiger partial charge in [0, 0.05) is 38.0 Å². The maximum absolute atomic E-state index is 14.2. The predicted molar refractivity (Wildman–Crippen MR) is 194 cm³/mol. The minimum Gasteiger partial charge on any atom is -0.444 e. The maximum atomic E-state index is 14.2. The summed E-state index contributed by atoms with van der Waals surface area (Å²) < 4.78 is 5.56. The average Bonchev–Trinajstić information content (AvgIpc) is 3.66. The number of rotatable bonds is 8. The Kier molecular flexibility index (Phi) is 10.9. The summed E-state index contributed by atoms with van der Waals surface area (Å²) in [6.07, 6.45) is -0.517. The van der Waals surface area contributed by atoms with Crippen LogP contribution in [0.1, 0.15) is 100 Å². The van der Waals surface area contributed by atoms with Gasteiger partial charge >= 0.3 is 6.09 Å². The van der Waals surface area contributed by atoms with Gasteiger partial charge in [-0.15, -0.1) is 11.3 Å². The monoisotopic (exact) mass is 702 g/mol. The van der Waals surface area contributed by atoms with Crippen molar-refractivity contribution >= 4 is 35.0 Å². The second kappa shape index (κ2) is 14.6. The number of aromatic nitrogens is 1. The summed E-state index contributed by atoms with van der Waals surface area (Å²) >= 11 is 1.58. The van der Waals surface area contributed by atoms with Crippen LogP contribution >= 0.6 is 11.3 Å². The number of Topliss-reactive ketones (excluding diaryl/α,β-unsaturated/α-hetero) is 1. The molecule has 3 aromatic rings. The molecule has 3 heterocycles. The third-order valence-corrected chi connectivity index (χ3v) is 10.5. The highest BCUT2D eigenvalue weighted by atomic mass is 32.1. The summed E-state index contributed by atoms with van der Waals surface area (Å²) in [6.45, 7) is 16.0. The van der Waals surface area contributed by atoms with E-state index in [0.717, 1.165) is 32.8 Å². The Hall–Kier alpha value is -4.09. The van der Waals surface area contributed by atoms with Crippen molar-refractivity contribution in [3.8, 4) is 10.4 Å². The van der Waals surface area contributed by atoms with Gasteiger partial charge in [-0.3, -0.25) is 14.4 Å². The molecule has 0 aliphatic carbocycles. The lowest BCUT2D eigenvalue weighted by molar-refractivity contribution is -0.144. The molecular formula is C39H50N4O6S. The van der Waals surface area contributed by atoms with Crippen LogP contribution in [0.15, 0.2) is 48.0 Å². The number of carbonyl (C=O) groups is 4. The first kappa shape index (κ1) is 37.2. The highest BCUT2D eigenvalue weighted by molar-refractivity contribution is 7.13. The summed E-state index contributed by atoms with van der Waals surface area (Å²) in [5.41, 5.74) is 5.98. The van der Waals surface area contributed by atoms with Crippen LogP contribution in [0.2, 0.25) is 0 Å². The van der Waals surface area contributed by atoms with Crippen molar-refractivity contribution in [1.82, 2.24) is 20.1 Å². The second-order valence-electron chi connectivity index (χ2n) is 15.7. The molecule has 3 amide bonds. The van der Waals surface area contributed by atoms with Gasteiger partial charge in [-0.1, -0.05) is 57.2 Å². The smallest absolute Gasteiger partial charge is 0.410 e. The number of thiazole rings is 1. The molecule has 5 rings (SSSR count). The van der Waals surface area contributed by atoms with E-state index < -0.39 is 29.1 Å². The molecule has 50 heavy (non-hydrogen) atoms. The molecule has 4 atom stereocenters. The van der Waals surface area contributed by atoms with Crippen LogP contribution < -0.4 is 5.32 Å². The van der Waals surface area contributed by atoms with Gasteiger partial charge in [0.25, 0.3) is 0 Å². The van der Waals surface area contributed by atoms with Crippen molar-refractivity contribution in [1.29, 1.82) is 0 Å². The molecule has 268 valence electrons. The van der Waals surface area contributed by atoms with E-state index in [9.17, 15) is 24.3 Å². The fourth-order valence-electron chi connectivity index (χ4n) is 6.68. The van der Waals surface area contributed by atoms with Gasteiger partial charge in [0.05, 0.1) is 34.1 Å². The number of nitrogens with one attached hydrogen (secondary N) is 1. The number of likely N-dealkylation sites (tertiary alicyclic amines) is 1. The molecule has 10 nitrogen and oxygen atoms in total. The zero-order valence-corrected chi connectivity index (χ0v) is 31.2. The molecule has 1 fully saturated rings. The van der Waals surface area contributed by atoms with E-state index in [1.807, 2.05) is 97.3 Å². The topological polar surface area (TPSA) is 129 Å². The van der Waals surface area contributed by atoms with Crippen LogP contribution in [0, 0.1) is 18.3 Å². The minimum absolute atomic E-state index is 0.0221. The summed E-state index contributed by atoms with van der Waals surface area (Å²) in [4.78, 5) is 63.0. The van der Waals surface area contributed by atoms with Crippen LogP contribution in [-0.2, 0) is 27.3 Å². The molecule has 2 aromatic carbocycles. The number of ketones is 1. The van der Waals surface area contributed by atoms with E-state index in [-0.39, 0.29) is 49.1 Å². The van der Waals surface area contributed by atoms with Crippen molar-refractivity contribution in [3.63, 3.8) is 0 Å². The number of fused-ring (bicyclic) bond motifs is 1. The number of aliphatic hydroxyl groups is 1. The molecule has 0 unspecified atom stereocenters. The van der Waals surface area contributed by atoms with E-state index in [1.54, 1.807) is 22.3 Å². The average molecular weight is 703 g/mol. The standard InChI is InChI=1S/C39H50N4O6S/c1-23(25-9-12-27(13-10-25)34-24(2)40-22-50-34)41-35(46)32-18-30(44)21-43(32)36(47)31(38(3,4)5)19-33(45)28-14-11-26-15-16-42(20-29(26)17-28)37(48)49-39(6,7)8/h9-14,17,22-23,30-32,44H,15-16,18-21H2,1-8H3,(H,41,46)/t23-,30+,31+,32-/m0/s1. The van der Waals surface area contributed by atoms with Gasteiger partial charge < -0.3 is 25.0 Å². The number of ether oxygens (including phenoxy) is 1. The predicted octanol–water partition coefficient (Wildman–Crippen LogP) is 6.49. The highest BCUT2D eigenvalue weighted by Gasteiger charge is 2.44. The van der Waals surface area contributed by atoms with Crippen LogP contribution in [-0.4, -0.2) is 74.4 Å². The Bertz CT molecular complexity index is 1740. The van der Waals surface area contributed by atoms with E-state index in [2.05, 4.69) is 10.3 Å². The Labute approximate surface area is 299 Å². The molecule has 1 aromatic heterocycles. The summed E-state index contributed by atoms with van der Waals surface area (Å²) in [7, 11) is 0. The summed E-state index contributed by atoms with van der Waals surface area (Å²) in [5.74, 6) is -1.59. The molecule has 0 bridgehead atoms. The number of aryl methyl sites for hydroxylation is 1. The van der Waals surface area contributed by atoms with Crippen molar-refractivity contribution < 1.29 is 29.0 Å². The van der Waals surface area contributed by atoms with Crippen molar-refractivity contribution in [2.75, 3.05) is 13.1 Å². The van der Waals surface area contributed by atoms with E-state index >= 15 is 0 Å². The van der Waals surface area contributed by atoms with Crippen LogP contribution in [0.3, 0.4) is 0 Å². The van der Waals surface area contributed by atoms with Gasteiger partial charge in [-0.2, -0.15) is 0 Å². The molecule has 11 heteroatoms. The number of aliphatic hydroxyl groups excluding tert-OH is 1. The molecule has 2 aliphatic heterocycles. The Morgan fingerprint density at radius 2 is 1.74 bits per heavy atom. The first-order valence-corrected chi connectivity index (χ1v) is 18.2. The number of β-amino-alcohol motifs (C(OH)–C–C–N with tert-alkyl or cyclic N) is 1. The maximum Gasteiger partial charge on any atom is 0.410 e. The second-order valence-corrected chi connectivity index (χ2v) is 16.6. The van der Waals surface area contributed by atoms with E-state index in [4.69, 9.17) is 4.74 Å². The largest absolute Gasteiger partial charge is 0.444 e. The third kappa shape index (κ3) is 8.61. The molecule has 0 saturated carbocycles. The molecule has 1 saturated heterocycles. The lowest BCUT2D eigenvalue weighted by atomic mass is 9.76. The van der Waals surface area contributed by atoms with Crippen molar-refractivity contribution in [2.45, 2.75) is 105 Å². The number of amides is 3. The van der Waals surface area contributed by atoms with Crippen molar-refractivity contribution in [2.24, 2.45) is 11.3 Å². The minimum atomic E-state index is -0.860. The fourth-order valence-corrected chi connectivity index (χ4v) is 7.49. The van der Waals surface area contributed by atoms with Crippen LogP contribution in [0.5, 0.6) is 0 Å². The van der Waals surface area contributed by atoms with Gasteiger partial charge in [-0.25, -0.2) is 9.78 Å². The Morgan fingerprint density at radius 1 is 1.04 bits per heavy atom. The molecule has 2 aliphatic rings. The highest BCUT2D eigenvalue weighted by Crippen LogP contribution is 2.35. The van der Waals surface area contributed by atoms with Crippen LogP contribution in [0.25, 0.3) is 10.4 Å². The SMILES string of the molecule is Cc1ncsc1-c1ccc([C@H](C)NC(=O)[C@@H]2C[C@@H](O)CN2C(=O)[C@@H](CC(=O)c2ccc3c(c2)CN(C(=O)OC(C)(C)C)CC3)C(C)(C)C)cc1. The molecular weight excluding hydrogens is 653 g/mol. The third-order valence-electron chi connectivity index (χ3n) is 9.57. The number of carbonyl (C=O) groups excluding carboxylic acids is 4. The van der Waals surface area contributed by atoms with Gasteiger partial charge in [-0.05, 0) is 74.8 Å². The lowest BCUT2D eigenvalue weighted by Gasteiger charge is -2.35. The van der Waals surface area contributed by atoms with Crippen LogP contribution in [0.4, 0.5) is 4.79 Å². The van der Waals surface area contributed by atoms with Gasteiger partial charge in [0.1, 0.15) is 11.6 Å². The molecule has 0 radical (unpaired) electrons. The normalized spacial score (nSPS) is 19.1. The zero-order valence-electron chi connectivity index (χ0n) is 30.4. The molecule has 0 spiro atoms. The lowest BCUT2D eigenvalue weighted by Crippen LogP contribution is -2.50. The summed E-state index contributed by atoms with van der Waals surface area (Å²) in [6, 6.07) is 12.3. The van der Waals surface area contributed by atoms with E-state index in [0.29, 0.717) is 25.1 Å². The quantitative estimate of drug-likeness (QED) is 0.257. The van der Waals surface area contributed by atoms with Gasteiger partial charge in [0.2, 0.25) is 11.8 Å². The van der Waals surface area contributed by atoms with E-state index in [1.165, 1.54) is 4.90 Å². The summed E-state index contributed by atoms with van der Waals surface area (Å²) in [5, 5.41) is 13.7. The number of nitrogens with zero attached hydrogens (tertiary/aromatic N) is 3. The Morgan fingerprint density at radius 3 is 2.36 bits per heavy atom. The van der Waals surface area contributed by atoms with Crippen molar-refractivity contribution in [3.05, 3.63) is 75.9 Å². The first-order chi connectivity index (χ1) is 23.4. The fraction of sp³-hybridized carbons (Fsp3) is 0.513. The molecule has 2 N–H and O–H groups in total. The zero-order chi connectivity index (χ0) is 36.5. The number of hydrogen-bond acceptors (Lipinski definition) is 8.